The SMILES string of the molecule is CCOC(=O)c1cnc(C2CCOC2)nc1CC. The Balaban J connectivity index is 2.24. The van der Waals surface area contributed by atoms with Gasteiger partial charge in [0.2, 0.25) is 0 Å². The molecule has 0 aromatic carbocycles. The monoisotopic (exact) mass is 250 g/mol. The van der Waals surface area contributed by atoms with E-state index >= 15 is 0 Å². The Kier molecular flexibility index (Phi) is 4.25. The first kappa shape index (κ1) is 13.0. The highest BCUT2D eigenvalue weighted by Crippen LogP contribution is 2.23. The van der Waals surface area contributed by atoms with E-state index in [0.717, 1.165) is 24.5 Å². The highest BCUT2D eigenvalue weighted by atomic mass is 16.5. The summed E-state index contributed by atoms with van der Waals surface area (Å²) in [6.07, 6.45) is 3.22. The van der Waals surface area contributed by atoms with E-state index in [1.807, 2.05) is 6.92 Å². The molecule has 98 valence electrons. The van der Waals surface area contributed by atoms with E-state index < -0.39 is 0 Å². The number of hydrogen-bond acceptors (Lipinski definition) is 5. The number of esters is 1. The summed E-state index contributed by atoms with van der Waals surface area (Å²) in [6, 6.07) is 0. The van der Waals surface area contributed by atoms with E-state index in [9.17, 15) is 4.79 Å². The molecule has 0 aliphatic carbocycles. The van der Waals surface area contributed by atoms with Gasteiger partial charge in [-0.3, -0.25) is 0 Å². The van der Waals surface area contributed by atoms with Crippen LogP contribution in [0.25, 0.3) is 0 Å². The lowest BCUT2D eigenvalue weighted by Gasteiger charge is -2.10. The Morgan fingerprint density at radius 2 is 2.39 bits per heavy atom. The fourth-order valence-corrected chi connectivity index (χ4v) is 2.02. The zero-order valence-electron chi connectivity index (χ0n) is 10.8. The zero-order valence-corrected chi connectivity index (χ0v) is 10.8. The number of ether oxygens (including phenoxy) is 2. The molecule has 1 unspecified atom stereocenters. The van der Waals surface area contributed by atoms with Crippen LogP contribution in [0.5, 0.6) is 0 Å². The third-order valence-electron chi connectivity index (χ3n) is 3.01. The zero-order chi connectivity index (χ0) is 13.0. The fourth-order valence-electron chi connectivity index (χ4n) is 2.02. The number of aryl methyl sites for hydroxylation is 1. The van der Waals surface area contributed by atoms with Crippen molar-refractivity contribution in [2.75, 3.05) is 19.8 Å². The molecule has 1 aliphatic rings. The average molecular weight is 250 g/mol. The lowest BCUT2D eigenvalue weighted by atomic mass is 10.1. The van der Waals surface area contributed by atoms with Crippen molar-refractivity contribution in [1.82, 2.24) is 9.97 Å². The van der Waals surface area contributed by atoms with Crippen molar-refractivity contribution in [2.45, 2.75) is 32.6 Å². The van der Waals surface area contributed by atoms with Crippen LogP contribution in [0, 0.1) is 0 Å². The maximum Gasteiger partial charge on any atom is 0.341 e. The molecule has 1 aliphatic heterocycles. The van der Waals surface area contributed by atoms with Gasteiger partial charge in [0.05, 0.1) is 24.5 Å². The number of hydrogen-bond donors (Lipinski definition) is 0. The third-order valence-corrected chi connectivity index (χ3v) is 3.01. The molecule has 2 rings (SSSR count). The van der Waals surface area contributed by atoms with Gasteiger partial charge in [0, 0.05) is 18.7 Å². The lowest BCUT2D eigenvalue weighted by molar-refractivity contribution is 0.0524. The molecule has 0 spiro atoms. The summed E-state index contributed by atoms with van der Waals surface area (Å²) < 4.78 is 10.3. The largest absolute Gasteiger partial charge is 0.462 e. The van der Waals surface area contributed by atoms with Gasteiger partial charge in [-0.1, -0.05) is 6.92 Å². The van der Waals surface area contributed by atoms with Gasteiger partial charge in [-0.15, -0.1) is 0 Å². The molecule has 0 bridgehead atoms. The maximum atomic E-state index is 11.7. The van der Waals surface area contributed by atoms with Crippen molar-refractivity contribution < 1.29 is 14.3 Å². The number of nitrogens with zero attached hydrogens (tertiary/aromatic N) is 2. The first-order valence-corrected chi connectivity index (χ1v) is 6.36. The number of carbonyl (C=O) groups excluding carboxylic acids is 1. The normalized spacial score (nSPS) is 18.9. The molecule has 1 fully saturated rings. The number of carbonyl (C=O) groups is 1. The predicted octanol–water partition coefficient (Wildman–Crippen LogP) is 1.72. The second-order valence-corrected chi connectivity index (χ2v) is 4.22. The second-order valence-electron chi connectivity index (χ2n) is 4.22. The van der Waals surface area contributed by atoms with Crippen LogP contribution in [0.15, 0.2) is 6.20 Å². The average Bonchev–Trinajstić information content (AvgIpc) is 2.92. The van der Waals surface area contributed by atoms with Crippen molar-refractivity contribution in [3.05, 3.63) is 23.3 Å². The van der Waals surface area contributed by atoms with Crippen molar-refractivity contribution in [2.24, 2.45) is 0 Å². The van der Waals surface area contributed by atoms with Crippen molar-refractivity contribution in [3.63, 3.8) is 0 Å². The van der Waals surface area contributed by atoms with E-state index in [2.05, 4.69) is 9.97 Å². The lowest BCUT2D eigenvalue weighted by Crippen LogP contribution is -2.13. The molecule has 1 aromatic rings. The van der Waals surface area contributed by atoms with Crippen LogP contribution in [0.3, 0.4) is 0 Å². The van der Waals surface area contributed by atoms with E-state index in [0.29, 0.717) is 25.2 Å². The van der Waals surface area contributed by atoms with E-state index in [1.165, 1.54) is 0 Å². The summed E-state index contributed by atoms with van der Waals surface area (Å²) >= 11 is 0. The Hall–Kier alpha value is -1.49. The molecule has 0 radical (unpaired) electrons. The van der Waals surface area contributed by atoms with Crippen LogP contribution < -0.4 is 0 Å². The Bertz CT molecular complexity index is 428. The molecule has 1 atom stereocenters. The van der Waals surface area contributed by atoms with E-state index in [1.54, 1.807) is 13.1 Å². The highest BCUT2D eigenvalue weighted by molar-refractivity contribution is 5.90. The molecule has 1 saturated heterocycles. The first-order chi connectivity index (χ1) is 8.76. The molecule has 0 N–H and O–H groups in total. The van der Waals surface area contributed by atoms with Crippen LogP contribution in [0.4, 0.5) is 0 Å². The van der Waals surface area contributed by atoms with Gasteiger partial charge in [0.1, 0.15) is 5.82 Å². The predicted molar refractivity (Wildman–Crippen MR) is 65.5 cm³/mol. The van der Waals surface area contributed by atoms with Gasteiger partial charge in [-0.05, 0) is 19.8 Å². The standard InChI is InChI=1S/C13H18N2O3/c1-3-11-10(13(16)18-4-2)7-14-12(15-11)9-5-6-17-8-9/h7,9H,3-6,8H2,1-2H3. The number of aromatic nitrogens is 2. The van der Waals surface area contributed by atoms with Gasteiger partial charge < -0.3 is 9.47 Å². The smallest absolute Gasteiger partial charge is 0.341 e. The van der Waals surface area contributed by atoms with Crippen LogP contribution in [-0.2, 0) is 15.9 Å². The summed E-state index contributed by atoms with van der Waals surface area (Å²) in [4.78, 5) is 20.5. The molecule has 1 aromatic heterocycles. The Morgan fingerprint density at radius 3 is 3.00 bits per heavy atom. The minimum Gasteiger partial charge on any atom is -0.462 e. The second kappa shape index (κ2) is 5.91. The Labute approximate surface area is 107 Å². The van der Waals surface area contributed by atoms with Gasteiger partial charge >= 0.3 is 5.97 Å². The van der Waals surface area contributed by atoms with E-state index in [-0.39, 0.29) is 11.9 Å². The number of rotatable bonds is 4. The summed E-state index contributed by atoms with van der Waals surface area (Å²) in [5, 5.41) is 0. The quantitative estimate of drug-likeness (QED) is 0.761. The van der Waals surface area contributed by atoms with Crippen LogP contribution in [0.1, 0.15) is 48.1 Å². The molecule has 0 saturated carbocycles. The van der Waals surface area contributed by atoms with E-state index in [4.69, 9.17) is 9.47 Å². The first-order valence-electron chi connectivity index (χ1n) is 6.36. The summed E-state index contributed by atoms with van der Waals surface area (Å²) in [5.41, 5.74) is 1.23. The fraction of sp³-hybridized carbons (Fsp3) is 0.615. The van der Waals surface area contributed by atoms with Gasteiger partial charge in [0.25, 0.3) is 0 Å². The third kappa shape index (κ3) is 2.67. The van der Waals surface area contributed by atoms with Gasteiger partial charge in [0.15, 0.2) is 0 Å². The summed E-state index contributed by atoms with van der Waals surface area (Å²) in [5.74, 6) is 0.688. The van der Waals surface area contributed by atoms with Crippen LogP contribution in [0.2, 0.25) is 0 Å². The molecular weight excluding hydrogens is 232 g/mol. The highest BCUT2D eigenvalue weighted by Gasteiger charge is 2.22. The molecule has 2 heterocycles. The molecule has 5 heteroatoms. The van der Waals surface area contributed by atoms with Gasteiger partial charge in [-0.2, -0.15) is 0 Å². The minimum atomic E-state index is -0.344. The molecule has 5 nitrogen and oxygen atoms in total. The van der Waals surface area contributed by atoms with Crippen molar-refractivity contribution >= 4 is 5.97 Å². The molecular formula is C13H18N2O3. The van der Waals surface area contributed by atoms with Crippen molar-refractivity contribution in [1.29, 1.82) is 0 Å². The topological polar surface area (TPSA) is 61.3 Å². The molecule has 0 amide bonds. The summed E-state index contributed by atoms with van der Waals surface area (Å²) in [6.45, 7) is 5.55. The summed E-state index contributed by atoms with van der Waals surface area (Å²) in [7, 11) is 0. The van der Waals surface area contributed by atoms with Crippen LogP contribution >= 0.6 is 0 Å². The molecule has 18 heavy (non-hydrogen) atoms. The van der Waals surface area contributed by atoms with Crippen molar-refractivity contribution in [3.8, 4) is 0 Å². The van der Waals surface area contributed by atoms with Crippen LogP contribution in [-0.4, -0.2) is 35.8 Å². The minimum absolute atomic E-state index is 0.256. The van der Waals surface area contributed by atoms with Gasteiger partial charge in [-0.25, -0.2) is 14.8 Å². The Morgan fingerprint density at radius 1 is 1.56 bits per heavy atom. The maximum absolute atomic E-state index is 11.7.